The largest absolute Gasteiger partial charge is 0.352 e. The zero-order chi connectivity index (χ0) is 19.9. The Bertz CT molecular complexity index is 822. The molecule has 0 saturated carbocycles. The first-order valence-electron chi connectivity index (χ1n) is 9.30. The number of piperidine rings is 1. The fourth-order valence-corrected chi connectivity index (χ4v) is 3.72. The third kappa shape index (κ3) is 5.96. The van der Waals surface area contributed by atoms with Crippen molar-refractivity contribution in [2.45, 2.75) is 19.4 Å². The van der Waals surface area contributed by atoms with Crippen molar-refractivity contribution in [3.63, 3.8) is 0 Å². The maximum atomic E-state index is 12.4. The van der Waals surface area contributed by atoms with Gasteiger partial charge in [0.1, 0.15) is 0 Å². The van der Waals surface area contributed by atoms with Crippen LogP contribution in [0.1, 0.15) is 18.4 Å². The van der Waals surface area contributed by atoms with E-state index < -0.39 is 0 Å². The number of anilines is 1. The zero-order valence-electron chi connectivity index (χ0n) is 15.5. The highest BCUT2D eigenvalue weighted by molar-refractivity contribution is 6.36. The van der Waals surface area contributed by atoms with E-state index in [1.165, 1.54) is 0 Å². The number of benzene rings is 2. The minimum atomic E-state index is -0.129. The quantitative estimate of drug-likeness (QED) is 0.744. The molecule has 5 nitrogen and oxygen atoms in total. The van der Waals surface area contributed by atoms with Crippen LogP contribution in [0.4, 0.5) is 5.69 Å². The van der Waals surface area contributed by atoms with Crippen LogP contribution < -0.4 is 10.6 Å². The predicted molar refractivity (Wildman–Crippen MR) is 113 cm³/mol. The van der Waals surface area contributed by atoms with E-state index in [1.807, 2.05) is 30.3 Å². The zero-order valence-corrected chi connectivity index (χ0v) is 17.0. The van der Waals surface area contributed by atoms with Crippen molar-refractivity contribution in [2.75, 3.05) is 25.0 Å². The number of carbonyl (C=O) groups is 2. The van der Waals surface area contributed by atoms with E-state index in [9.17, 15) is 9.59 Å². The van der Waals surface area contributed by atoms with E-state index >= 15 is 0 Å². The minimum absolute atomic E-state index is 0.00580. The molecule has 1 heterocycles. The molecule has 2 aromatic rings. The molecule has 0 unspecified atom stereocenters. The molecular weight excluding hydrogens is 397 g/mol. The van der Waals surface area contributed by atoms with Crippen LogP contribution in [0, 0.1) is 5.92 Å². The van der Waals surface area contributed by atoms with Gasteiger partial charge in [-0.1, -0.05) is 53.5 Å². The molecule has 7 heteroatoms. The van der Waals surface area contributed by atoms with Crippen molar-refractivity contribution < 1.29 is 9.59 Å². The van der Waals surface area contributed by atoms with E-state index in [0.29, 0.717) is 35.4 Å². The lowest BCUT2D eigenvalue weighted by Crippen LogP contribution is -2.43. The van der Waals surface area contributed by atoms with E-state index in [4.69, 9.17) is 23.2 Å². The molecule has 1 aliphatic rings. The second kappa shape index (κ2) is 9.92. The van der Waals surface area contributed by atoms with Crippen molar-refractivity contribution in [3.05, 3.63) is 64.1 Å². The summed E-state index contributed by atoms with van der Waals surface area (Å²) in [6, 6.07) is 14.8. The van der Waals surface area contributed by atoms with Crippen LogP contribution >= 0.6 is 23.2 Å². The van der Waals surface area contributed by atoms with Gasteiger partial charge in [0.2, 0.25) is 11.8 Å². The molecule has 0 bridgehead atoms. The predicted octanol–water partition coefficient (Wildman–Crippen LogP) is 3.96. The SMILES string of the molecule is O=C(CN1CCC(C(=O)NCc2ccccc2)CC1)Nc1ccc(Cl)cc1Cl. The summed E-state index contributed by atoms with van der Waals surface area (Å²) in [5.41, 5.74) is 1.64. The van der Waals surface area contributed by atoms with Crippen LogP contribution in [-0.4, -0.2) is 36.3 Å². The van der Waals surface area contributed by atoms with Gasteiger partial charge in [0.15, 0.2) is 0 Å². The van der Waals surface area contributed by atoms with E-state index in [2.05, 4.69) is 15.5 Å². The van der Waals surface area contributed by atoms with Crippen molar-refractivity contribution in [1.29, 1.82) is 0 Å². The average molecular weight is 420 g/mol. The monoisotopic (exact) mass is 419 g/mol. The van der Waals surface area contributed by atoms with Crippen molar-refractivity contribution >= 4 is 40.7 Å². The Morgan fingerprint density at radius 2 is 1.75 bits per heavy atom. The van der Waals surface area contributed by atoms with Crippen LogP contribution in [0.3, 0.4) is 0 Å². The summed E-state index contributed by atoms with van der Waals surface area (Å²) >= 11 is 12.0. The number of nitrogens with one attached hydrogen (secondary N) is 2. The van der Waals surface area contributed by atoms with Gasteiger partial charge in [-0.05, 0) is 49.7 Å². The molecule has 0 radical (unpaired) electrons. The maximum absolute atomic E-state index is 12.4. The smallest absolute Gasteiger partial charge is 0.238 e. The summed E-state index contributed by atoms with van der Waals surface area (Å²) in [5.74, 6) is -0.0502. The van der Waals surface area contributed by atoms with Crippen LogP contribution in [-0.2, 0) is 16.1 Å². The summed E-state index contributed by atoms with van der Waals surface area (Å²) < 4.78 is 0. The van der Waals surface area contributed by atoms with Crippen molar-refractivity contribution in [3.8, 4) is 0 Å². The summed E-state index contributed by atoms with van der Waals surface area (Å²) in [6.45, 7) is 2.25. The third-order valence-corrected chi connectivity index (χ3v) is 5.39. The van der Waals surface area contributed by atoms with Crippen LogP contribution in [0.25, 0.3) is 0 Å². The standard InChI is InChI=1S/C21H23Cl2N3O2/c22-17-6-7-19(18(23)12-17)25-20(27)14-26-10-8-16(9-11-26)21(28)24-13-15-4-2-1-3-5-15/h1-7,12,16H,8-11,13-14H2,(H,24,28)(H,25,27). The maximum Gasteiger partial charge on any atom is 0.238 e. The van der Waals surface area contributed by atoms with Gasteiger partial charge < -0.3 is 10.6 Å². The molecule has 3 rings (SSSR count). The Kier molecular flexibility index (Phi) is 7.31. The van der Waals surface area contributed by atoms with Gasteiger partial charge in [0.05, 0.1) is 17.3 Å². The molecule has 0 spiro atoms. The normalized spacial score (nSPS) is 15.2. The number of halogens is 2. The molecule has 0 aromatic heterocycles. The molecule has 2 amide bonds. The molecule has 1 aliphatic heterocycles. The number of likely N-dealkylation sites (tertiary alicyclic amines) is 1. The second-order valence-corrected chi connectivity index (χ2v) is 7.77. The second-order valence-electron chi connectivity index (χ2n) is 6.93. The fourth-order valence-electron chi connectivity index (χ4n) is 3.27. The van der Waals surface area contributed by atoms with Crippen molar-refractivity contribution in [2.24, 2.45) is 5.92 Å². The van der Waals surface area contributed by atoms with Gasteiger partial charge in [0.25, 0.3) is 0 Å². The molecule has 1 fully saturated rings. The Balaban J connectivity index is 1.41. The van der Waals surface area contributed by atoms with Gasteiger partial charge >= 0.3 is 0 Å². The third-order valence-electron chi connectivity index (χ3n) is 4.84. The van der Waals surface area contributed by atoms with E-state index in [1.54, 1.807) is 18.2 Å². The lowest BCUT2D eigenvalue weighted by atomic mass is 9.96. The van der Waals surface area contributed by atoms with Gasteiger partial charge in [-0.25, -0.2) is 0 Å². The molecule has 148 valence electrons. The van der Waals surface area contributed by atoms with Crippen LogP contribution in [0.2, 0.25) is 10.0 Å². The summed E-state index contributed by atoms with van der Waals surface area (Å²) in [4.78, 5) is 26.7. The minimum Gasteiger partial charge on any atom is -0.352 e. The van der Waals surface area contributed by atoms with Crippen molar-refractivity contribution in [1.82, 2.24) is 10.2 Å². The first kappa shape index (κ1) is 20.6. The molecule has 0 aliphatic carbocycles. The Morgan fingerprint density at radius 1 is 1.04 bits per heavy atom. The van der Waals surface area contributed by atoms with Gasteiger partial charge in [-0.2, -0.15) is 0 Å². The first-order valence-corrected chi connectivity index (χ1v) is 10.1. The summed E-state index contributed by atoms with van der Waals surface area (Å²) in [5, 5.41) is 6.75. The van der Waals surface area contributed by atoms with Crippen LogP contribution in [0.15, 0.2) is 48.5 Å². The summed E-state index contributed by atoms with van der Waals surface area (Å²) in [6.07, 6.45) is 1.49. The number of nitrogens with zero attached hydrogens (tertiary/aromatic N) is 1. The number of carbonyl (C=O) groups excluding carboxylic acids is 2. The van der Waals surface area contributed by atoms with Crippen LogP contribution in [0.5, 0.6) is 0 Å². The molecule has 1 saturated heterocycles. The molecular formula is C21H23Cl2N3O2. The molecule has 28 heavy (non-hydrogen) atoms. The van der Waals surface area contributed by atoms with E-state index in [-0.39, 0.29) is 24.3 Å². The van der Waals surface area contributed by atoms with E-state index in [0.717, 1.165) is 18.4 Å². The number of hydrogen-bond donors (Lipinski definition) is 2. The number of hydrogen-bond acceptors (Lipinski definition) is 3. The van der Waals surface area contributed by atoms with Gasteiger partial charge in [-0.3, -0.25) is 14.5 Å². The average Bonchev–Trinajstić information content (AvgIpc) is 2.69. The van der Waals surface area contributed by atoms with Gasteiger partial charge in [-0.15, -0.1) is 0 Å². The Labute approximate surface area is 175 Å². The molecule has 2 N–H and O–H groups in total. The molecule has 2 aromatic carbocycles. The lowest BCUT2D eigenvalue weighted by molar-refractivity contribution is -0.126. The highest BCUT2D eigenvalue weighted by Crippen LogP contribution is 2.25. The fraction of sp³-hybridized carbons (Fsp3) is 0.333. The Morgan fingerprint density at radius 3 is 2.43 bits per heavy atom. The highest BCUT2D eigenvalue weighted by atomic mass is 35.5. The number of amides is 2. The summed E-state index contributed by atoms with van der Waals surface area (Å²) in [7, 11) is 0. The highest BCUT2D eigenvalue weighted by Gasteiger charge is 2.25. The Hall–Kier alpha value is -2.08. The van der Waals surface area contributed by atoms with Gasteiger partial charge in [0, 0.05) is 17.5 Å². The lowest BCUT2D eigenvalue weighted by Gasteiger charge is -2.30. The first-order chi connectivity index (χ1) is 13.5. The topological polar surface area (TPSA) is 61.4 Å². The molecule has 0 atom stereocenters. The number of rotatable bonds is 6.